The Balaban J connectivity index is 1.69. The molecule has 154 valence electrons. The predicted molar refractivity (Wildman–Crippen MR) is 115 cm³/mol. The molecule has 6 nitrogen and oxygen atoms in total. The Bertz CT molecular complexity index is 968. The molecule has 29 heavy (non-hydrogen) atoms. The summed E-state index contributed by atoms with van der Waals surface area (Å²) in [5, 5.41) is 10.8. The minimum Gasteiger partial charge on any atom is -0.390 e. The fourth-order valence-corrected chi connectivity index (χ4v) is 4.46. The number of hydrogen-bond acceptors (Lipinski definition) is 6. The van der Waals surface area contributed by atoms with E-state index < -0.39 is 0 Å². The molecule has 1 aromatic heterocycles. The normalized spacial score (nSPS) is 26.5. The van der Waals surface area contributed by atoms with Crippen molar-refractivity contribution in [3.05, 3.63) is 51.9 Å². The van der Waals surface area contributed by atoms with Crippen molar-refractivity contribution in [1.29, 1.82) is 0 Å². The third-order valence-corrected chi connectivity index (χ3v) is 6.76. The smallest absolute Gasteiger partial charge is 0.157 e. The van der Waals surface area contributed by atoms with Crippen LogP contribution in [0.4, 0.5) is 5.82 Å². The van der Waals surface area contributed by atoms with Crippen LogP contribution in [0, 0.1) is 12.3 Å². The summed E-state index contributed by atoms with van der Waals surface area (Å²) in [5.74, 6) is 0.638. The van der Waals surface area contributed by atoms with Gasteiger partial charge in [0.05, 0.1) is 40.8 Å². The van der Waals surface area contributed by atoms with Crippen LogP contribution >= 0.6 is 23.2 Å². The molecule has 1 spiro atoms. The molecule has 2 aliphatic rings. The van der Waals surface area contributed by atoms with E-state index in [0.717, 1.165) is 13.0 Å². The molecule has 0 bridgehead atoms. The average Bonchev–Trinajstić information content (AvgIpc) is 2.99. The van der Waals surface area contributed by atoms with Crippen molar-refractivity contribution in [2.75, 3.05) is 18.1 Å². The molecule has 3 heterocycles. The summed E-state index contributed by atoms with van der Waals surface area (Å²) in [5.41, 5.74) is 8.74. The van der Waals surface area contributed by atoms with E-state index in [-0.39, 0.29) is 24.2 Å². The molecule has 3 N–H and O–H groups in total. The van der Waals surface area contributed by atoms with Crippen molar-refractivity contribution in [3.63, 3.8) is 0 Å². The second kappa shape index (κ2) is 7.85. The highest BCUT2D eigenvalue weighted by Gasteiger charge is 2.45. The van der Waals surface area contributed by atoms with E-state index in [4.69, 9.17) is 38.7 Å². The second-order valence-electron chi connectivity index (χ2n) is 7.72. The number of nitrogens with two attached hydrogens (primary N) is 1. The molecule has 0 aliphatic carbocycles. The largest absolute Gasteiger partial charge is 0.390 e. The highest BCUT2D eigenvalue weighted by molar-refractivity contribution is 6.43. The van der Waals surface area contributed by atoms with Crippen LogP contribution in [0.25, 0.3) is 11.3 Å². The third kappa shape index (κ3) is 3.53. The van der Waals surface area contributed by atoms with Crippen LogP contribution in [0.3, 0.4) is 0 Å². The van der Waals surface area contributed by atoms with Gasteiger partial charge in [-0.2, -0.15) is 0 Å². The summed E-state index contributed by atoms with van der Waals surface area (Å²) in [4.78, 5) is 11.4. The highest BCUT2D eigenvalue weighted by atomic mass is 35.5. The highest BCUT2D eigenvalue weighted by Crippen LogP contribution is 2.40. The fourth-order valence-electron chi connectivity index (χ4n) is 4.07. The van der Waals surface area contributed by atoms with Crippen molar-refractivity contribution < 1.29 is 9.84 Å². The Kier molecular flexibility index (Phi) is 5.57. The molecular weight excluding hydrogens is 411 g/mol. The topological polar surface area (TPSA) is 84.5 Å². The molecule has 1 saturated heterocycles. The van der Waals surface area contributed by atoms with Crippen molar-refractivity contribution in [1.82, 2.24) is 9.97 Å². The maximum absolute atomic E-state index is 9.96. The quantitative estimate of drug-likeness (QED) is 0.765. The minimum absolute atomic E-state index is 0.0293. The first-order valence-electron chi connectivity index (χ1n) is 9.62. The molecule has 0 radical (unpaired) electrons. The van der Waals surface area contributed by atoms with Crippen LogP contribution in [0.1, 0.15) is 24.7 Å². The SMILES string of the molecule is Cc1nc(N2C=C[C@]3(CC2)CO[C@@H](C)[C@H]3N)c(CO)nc1-c1cccc(Cl)c1Cl. The summed E-state index contributed by atoms with van der Waals surface area (Å²) < 4.78 is 5.76. The van der Waals surface area contributed by atoms with E-state index in [1.807, 2.05) is 37.1 Å². The Labute approximate surface area is 180 Å². The second-order valence-corrected chi connectivity index (χ2v) is 8.51. The van der Waals surface area contributed by atoms with Gasteiger partial charge in [0, 0.05) is 29.8 Å². The van der Waals surface area contributed by atoms with Gasteiger partial charge in [-0.3, -0.25) is 0 Å². The van der Waals surface area contributed by atoms with E-state index in [1.54, 1.807) is 6.07 Å². The number of rotatable bonds is 3. The average molecular weight is 435 g/mol. The van der Waals surface area contributed by atoms with Crippen LogP contribution in [0.15, 0.2) is 30.5 Å². The van der Waals surface area contributed by atoms with E-state index >= 15 is 0 Å². The number of aromatic nitrogens is 2. The molecular formula is C21H24Cl2N4O2. The zero-order valence-electron chi connectivity index (χ0n) is 16.4. The van der Waals surface area contributed by atoms with Gasteiger partial charge in [0.2, 0.25) is 0 Å². The van der Waals surface area contributed by atoms with Crippen molar-refractivity contribution in [2.45, 2.75) is 39.0 Å². The predicted octanol–water partition coefficient (Wildman–Crippen LogP) is 3.71. The van der Waals surface area contributed by atoms with Crippen molar-refractivity contribution in [2.24, 2.45) is 11.1 Å². The van der Waals surface area contributed by atoms with E-state index in [9.17, 15) is 5.11 Å². The number of aliphatic hydroxyl groups excluding tert-OH is 1. The first-order valence-corrected chi connectivity index (χ1v) is 10.4. The lowest BCUT2D eigenvalue weighted by Gasteiger charge is -2.36. The first kappa shape index (κ1) is 20.6. The van der Waals surface area contributed by atoms with Crippen LogP contribution in [0.2, 0.25) is 10.0 Å². The Hall–Kier alpha value is -1.70. The Morgan fingerprint density at radius 3 is 2.76 bits per heavy atom. The van der Waals surface area contributed by atoms with Gasteiger partial charge in [-0.25, -0.2) is 9.97 Å². The number of aryl methyl sites for hydroxylation is 1. The summed E-state index contributed by atoms with van der Waals surface area (Å²) in [6, 6.07) is 5.36. The molecule has 2 aromatic rings. The van der Waals surface area contributed by atoms with Gasteiger partial charge in [-0.05, 0) is 26.3 Å². The Morgan fingerprint density at radius 1 is 1.34 bits per heavy atom. The molecule has 0 unspecified atom stereocenters. The van der Waals surface area contributed by atoms with Gasteiger partial charge < -0.3 is 20.5 Å². The fraction of sp³-hybridized carbons (Fsp3) is 0.429. The summed E-state index contributed by atoms with van der Waals surface area (Å²) in [7, 11) is 0. The molecule has 1 aromatic carbocycles. The van der Waals surface area contributed by atoms with E-state index in [2.05, 4.69) is 11.1 Å². The van der Waals surface area contributed by atoms with Crippen LogP contribution < -0.4 is 10.6 Å². The monoisotopic (exact) mass is 434 g/mol. The number of hydrogen-bond donors (Lipinski definition) is 2. The third-order valence-electron chi connectivity index (χ3n) is 5.94. The summed E-state index contributed by atoms with van der Waals surface area (Å²) in [6.45, 7) is 5.00. The van der Waals surface area contributed by atoms with Crippen LogP contribution in [0.5, 0.6) is 0 Å². The number of aliphatic hydroxyl groups is 1. The van der Waals surface area contributed by atoms with Crippen molar-refractivity contribution >= 4 is 29.0 Å². The maximum Gasteiger partial charge on any atom is 0.157 e. The van der Waals surface area contributed by atoms with Crippen LogP contribution in [-0.4, -0.2) is 40.4 Å². The lowest BCUT2D eigenvalue weighted by atomic mass is 9.77. The van der Waals surface area contributed by atoms with Gasteiger partial charge in [-0.15, -0.1) is 0 Å². The molecule has 3 atom stereocenters. The molecule has 8 heteroatoms. The maximum atomic E-state index is 9.96. The van der Waals surface area contributed by atoms with E-state index in [1.165, 1.54) is 0 Å². The number of anilines is 1. The lowest BCUT2D eigenvalue weighted by molar-refractivity contribution is 0.109. The van der Waals surface area contributed by atoms with Crippen molar-refractivity contribution in [3.8, 4) is 11.3 Å². The lowest BCUT2D eigenvalue weighted by Crippen LogP contribution is -2.46. The van der Waals surface area contributed by atoms with Gasteiger partial charge in [-0.1, -0.05) is 41.4 Å². The summed E-state index contributed by atoms with van der Waals surface area (Å²) >= 11 is 12.5. The zero-order chi connectivity index (χ0) is 20.8. The molecule has 0 saturated carbocycles. The molecule has 1 fully saturated rings. The van der Waals surface area contributed by atoms with Gasteiger partial charge >= 0.3 is 0 Å². The van der Waals surface area contributed by atoms with E-state index in [0.29, 0.717) is 45.1 Å². The number of ether oxygens (including phenoxy) is 1. The molecule has 4 rings (SSSR count). The number of nitrogens with zero attached hydrogens (tertiary/aromatic N) is 3. The molecule has 0 amide bonds. The van der Waals surface area contributed by atoms with Gasteiger partial charge in [0.1, 0.15) is 5.69 Å². The standard InChI is InChI=1S/C21H24Cl2N4O2/c1-12-18(14-4-3-5-15(22)17(14)23)26-16(10-28)20(25-12)27-8-6-21(7-9-27)11-29-13(2)19(21)24/h3-6,8,13,19,28H,7,9-11,24H2,1-2H3/t13-,19+,21-/m0/s1. The Morgan fingerprint density at radius 2 is 2.14 bits per heavy atom. The summed E-state index contributed by atoms with van der Waals surface area (Å²) in [6.07, 6.45) is 5.00. The molecule has 2 aliphatic heterocycles. The van der Waals surface area contributed by atoms with Crippen LogP contribution in [-0.2, 0) is 11.3 Å². The first-order chi connectivity index (χ1) is 13.9. The number of halogens is 2. The number of benzene rings is 1. The minimum atomic E-state index is -0.233. The van der Waals surface area contributed by atoms with Gasteiger partial charge in [0.15, 0.2) is 5.82 Å². The van der Waals surface area contributed by atoms with Gasteiger partial charge in [0.25, 0.3) is 0 Å². The zero-order valence-corrected chi connectivity index (χ0v) is 17.9.